The van der Waals surface area contributed by atoms with Gasteiger partial charge < -0.3 is 19.7 Å². The molecular weight excluding hydrogens is 464 g/mol. The van der Waals surface area contributed by atoms with Crippen molar-refractivity contribution in [2.45, 2.75) is 38.4 Å². The summed E-state index contributed by atoms with van der Waals surface area (Å²) in [5.74, 6) is 0.0999. The van der Waals surface area contributed by atoms with Gasteiger partial charge in [0.2, 0.25) is 5.91 Å². The molecule has 3 aromatic rings. The van der Waals surface area contributed by atoms with Crippen LogP contribution in [-0.4, -0.2) is 85.8 Å². The standard InChI is InChI=1S/C24H28N8O4/c1-16-9-19-11-18(3-4-20(19)23(34)36-16)21-14-25-5-7-31(6-2-8-35-21)22(33)10-17-12-26-24(27-13-17)32-15-28-29-30-32/h3-4,11-13,15-16,21,25H,2,5-10,14H2,1H3/t16-,21+/m1/s1. The van der Waals surface area contributed by atoms with Crippen LogP contribution < -0.4 is 5.32 Å². The van der Waals surface area contributed by atoms with Crippen LogP contribution in [0.15, 0.2) is 36.9 Å². The number of cyclic esters (lactones) is 1. The van der Waals surface area contributed by atoms with Crippen molar-refractivity contribution >= 4 is 11.9 Å². The van der Waals surface area contributed by atoms with Crippen LogP contribution in [0.2, 0.25) is 0 Å². The van der Waals surface area contributed by atoms with Crippen LogP contribution in [0.4, 0.5) is 0 Å². The van der Waals surface area contributed by atoms with Gasteiger partial charge in [-0.25, -0.2) is 14.8 Å². The molecule has 1 aromatic carbocycles. The number of amides is 1. The topological polar surface area (TPSA) is 137 Å². The Labute approximate surface area is 208 Å². The van der Waals surface area contributed by atoms with Crippen molar-refractivity contribution in [1.29, 1.82) is 0 Å². The molecule has 2 aliphatic rings. The molecule has 0 bridgehead atoms. The molecule has 0 spiro atoms. The number of nitrogens with one attached hydrogen (secondary N) is 1. The lowest BCUT2D eigenvalue weighted by molar-refractivity contribution is -0.130. The van der Waals surface area contributed by atoms with Crippen molar-refractivity contribution < 1.29 is 19.1 Å². The van der Waals surface area contributed by atoms with Gasteiger partial charge in [-0.05, 0) is 46.5 Å². The largest absolute Gasteiger partial charge is 0.459 e. The maximum absolute atomic E-state index is 12.9. The highest BCUT2D eigenvalue weighted by molar-refractivity contribution is 5.92. The Hall–Kier alpha value is -3.77. The van der Waals surface area contributed by atoms with Crippen LogP contribution in [0.25, 0.3) is 5.95 Å². The molecule has 0 aliphatic carbocycles. The molecule has 0 radical (unpaired) electrons. The summed E-state index contributed by atoms with van der Waals surface area (Å²) in [6.07, 6.45) is 6.05. The molecule has 1 N–H and O–H groups in total. The number of carbonyl (C=O) groups excluding carboxylic acids is 2. The van der Waals surface area contributed by atoms with E-state index in [1.165, 1.54) is 11.0 Å². The number of aromatic nitrogens is 6. The van der Waals surface area contributed by atoms with Gasteiger partial charge in [-0.1, -0.05) is 12.1 Å². The summed E-state index contributed by atoms with van der Waals surface area (Å²) in [6.45, 7) is 4.89. The first-order valence-electron chi connectivity index (χ1n) is 12.0. The third-order valence-corrected chi connectivity index (χ3v) is 6.27. The van der Waals surface area contributed by atoms with Crippen LogP contribution in [-0.2, 0) is 27.1 Å². The van der Waals surface area contributed by atoms with Crippen molar-refractivity contribution in [3.05, 3.63) is 59.2 Å². The number of fused-ring (bicyclic) bond motifs is 1. The zero-order chi connectivity index (χ0) is 24.9. The second-order valence-corrected chi connectivity index (χ2v) is 8.96. The summed E-state index contributed by atoms with van der Waals surface area (Å²) in [6, 6.07) is 5.84. The van der Waals surface area contributed by atoms with Crippen molar-refractivity contribution in [1.82, 2.24) is 40.4 Å². The lowest BCUT2D eigenvalue weighted by Crippen LogP contribution is -2.41. The van der Waals surface area contributed by atoms with E-state index in [1.807, 2.05) is 24.0 Å². The van der Waals surface area contributed by atoms with Gasteiger partial charge in [0.25, 0.3) is 5.95 Å². The molecule has 2 aliphatic heterocycles. The van der Waals surface area contributed by atoms with E-state index >= 15 is 0 Å². The number of esters is 1. The second kappa shape index (κ2) is 10.9. The monoisotopic (exact) mass is 492 g/mol. The average molecular weight is 493 g/mol. The van der Waals surface area contributed by atoms with Crippen LogP contribution >= 0.6 is 0 Å². The van der Waals surface area contributed by atoms with Crippen molar-refractivity contribution in [3.63, 3.8) is 0 Å². The summed E-state index contributed by atoms with van der Waals surface area (Å²) < 4.78 is 12.9. The Morgan fingerprint density at radius 2 is 2.08 bits per heavy atom. The van der Waals surface area contributed by atoms with Crippen LogP contribution in [0, 0.1) is 0 Å². The fourth-order valence-corrected chi connectivity index (χ4v) is 4.44. The minimum absolute atomic E-state index is 0.0170. The molecule has 0 unspecified atom stereocenters. The number of hydrogen-bond acceptors (Lipinski definition) is 10. The highest BCUT2D eigenvalue weighted by Gasteiger charge is 2.25. The van der Waals surface area contributed by atoms with E-state index in [4.69, 9.17) is 9.47 Å². The van der Waals surface area contributed by atoms with Crippen molar-refractivity contribution in [2.24, 2.45) is 0 Å². The van der Waals surface area contributed by atoms with Gasteiger partial charge >= 0.3 is 5.97 Å². The maximum atomic E-state index is 12.9. The molecule has 188 valence electrons. The van der Waals surface area contributed by atoms with Crippen LogP contribution in [0.5, 0.6) is 0 Å². The van der Waals surface area contributed by atoms with E-state index in [0.717, 1.165) is 23.1 Å². The van der Waals surface area contributed by atoms with Crippen molar-refractivity contribution in [3.8, 4) is 5.95 Å². The predicted molar refractivity (Wildman–Crippen MR) is 126 cm³/mol. The first kappa shape index (κ1) is 23.9. The molecular formula is C24H28N8O4. The first-order valence-corrected chi connectivity index (χ1v) is 12.0. The van der Waals surface area contributed by atoms with Gasteiger partial charge in [-0.2, -0.15) is 4.68 Å². The highest BCUT2D eigenvalue weighted by atomic mass is 16.5. The van der Waals surface area contributed by atoms with Gasteiger partial charge in [0.15, 0.2) is 0 Å². The Balaban J connectivity index is 1.16. The normalized spacial score (nSPS) is 20.9. The van der Waals surface area contributed by atoms with E-state index in [9.17, 15) is 9.59 Å². The van der Waals surface area contributed by atoms with Gasteiger partial charge in [-0.15, -0.1) is 5.10 Å². The molecule has 1 amide bonds. The Bertz CT molecular complexity index is 1190. The third-order valence-electron chi connectivity index (χ3n) is 6.27. The summed E-state index contributed by atoms with van der Waals surface area (Å²) in [5, 5.41) is 14.3. The van der Waals surface area contributed by atoms with Crippen LogP contribution in [0.3, 0.4) is 0 Å². The van der Waals surface area contributed by atoms with Gasteiger partial charge in [0, 0.05) is 51.6 Å². The summed E-state index contributed by atoms with van der Waals surface area (Å²) in [4.78, 5) is 35.4. The lowest BCUT2D eigenvalue weighted by Gasteiger charge is -2.28. The van der Waals surface area contributed by atoms with Crippen molar-refractivity contribution in [2.75, 3.05) is 32.8 Å². The molecule has 4 heterocycles. The summed E-state index contributed by atoms with van der Waals surface area (Å²) in [7, 11) is 0. The Morgan fingerprint density at radius 1 is 1.22 bits per heavy atom. The fraction of sp³-hybridized carbons (Fsp3) is 0.458. The SMILES string of the molecule is C[C@@H]1Cc2cc([C@@H]3CNCCN(C(=O)Cc4cnc(-n5cnnn5)nc4)CCCO3)ccc2C(=O)O1. The van der Waals surface area contributed by atoms with E-state index in [-0.39, 0.29) is 30.5 Å². The van der Waals surface area contributed by atoms with E-state index in [1.54, 1.807) is 12.4 Å². The van der Waals surface area contributed by atoms with Gasteiger partial charge in [-0.3, -0.25) is 4.79 Å². The zero-order valence-corrected chi connectivity index (χ0v) is 20.0. The smallest absolute Gasteiger partial charge is 0.338 e. The van der Waals surface area contributed by atoms with E-state index in [2.05, 4.69) is 36.9 Å². The minimum Gasteiger partial charge on any atom is -0.459 e. The first-order chi connectivity index (χ1) is 17.6. The highest BCUT2D eigenvalue weighted by Crippen LogP contribution is 2.26. The zero-order valence-electron chi connectivity index (χ0n) is 20.0. The molecule has 12 nitrogen and oxygen atoms in total. The summed E-state index contributed by atoms with van der Waals surface area (Å²) >= 11 is 0. The number of nitrogens with zero attached hydrogens (tertiary/aromatic N) is 7. The number of benzene rings is 1. The molecule has 1 fully saturated rings. The molecule has 2 aromatic heterocycles. The Morgan fingerprint density at radius 3 is 2.89 bits per heavy atom. The van der Waals surface area contributed by atoms with Crippen LogP contribution in [0.1, 0.15) is 46.5 Å². The molecule has 36 heavy (non-hydrogen) atoms. The van der Waals surface area contributed by atoms with Gasteiger partial charge in [0.05, 0.1) is 18.1 Å². The number of rotatable bonds is 4. The molecule has 2 atom stereocenters. The molecule has 12 heteroatoms. The Kier molecular flexibility index (Phi) is 7.23. The average Bonchev–Trinajstić information content (AvgIpc) is 3.42. The molecule has 5 rings (SSSR count). The fourth-order valence-electron chi connectivity index (χ4n) is 4.44. The quantitative estimate of drug-likeness (QED) is 0.518. The molecule has 1 saturated heterocycles. The van der Waals surface area contributed by atoms with Gasteiger partial charge in [0.1, 0.15) is 12.4 Å². The minimum atomic E-state index is -0.264. The lowest BCUT2D eigenvalue weighted by atomic mass is 9.95. The number of carbonyl (C=O) groups is 2. The van der Waals surface area contributed by atoms with E-state index < -0.39 is 0 Å². The second-order valence-electron chi connectivity index (χ2n) is 8.96. The summed E-state index contributed by atoms with van der Waals surface area (Å²) in [5.41, 5.74) is 3.41. The predicted octanol–water partition coefficient (Wildman–Crippen LogP) is 0.676. The third kappa shape index (κ3) is 5.55. The van der Waals surface area contributed by atoms with E-state index in [0.29, 0.717) is 50.7 Å². The number of hydrogen-bond donors (Lipinski definition) is 1. The number of tetrazole rings is 1. The maximum Gasteiger partial charge on any atom is 0.338 e. The molecule has 0 saturated carbocycles. The number of ether oxygens (including phenoxy) is 2.